The molecule has 0 N–H and O–H groups in total. The van der Waals surface area contributed by atoms with E-state index in [0.29, 0.717) is 11.8 Å². The van der Waals surface area contributed by atoms with Gasteiger partial charge in [0.2, 0.25) is 0 Å². The summed E-state index contributed by atoms with van der Waals surface area (Å²) in [6.45, 7) is 12.8. The normalized spacial score (nSPS) is 11.1. The molecule has 0 saturated carbocycles. The lowest BCUT2D eigenvalue weighted by atomic mass is 10.0. The van der Waals surface area contributed by atoms with Crippen molar-refractivity contribution in [3.63, 3.8) is 0 Å². The maximum atomic E-state index is 4.34. The van der Waals surface area contributed by atoms with Crippen LogP contribution in [0.5, 0.6) is 0 Å². The Bertz CT molecular complexity index is 1100. The Balaban J connectivity index is 0.000000161. The Kier molecular flexibility index (Phi) is 5.98. The first-order valence-electron chi connectivity index (χ1n) is 9.80. The number of hydrogen-bond donors (Lipinski definition) is 0. The second-order valence-corrected chi connectivity index (χ2v) is 7.82. The van der Waals surface area contributed by atoms with E-state index in [9.17, 15) is 0 Å². The molecule has 2 heterocycles. The summed E-state index contributed by atoms with van der Waals surface area (Å²) in [7, 11) is 0. The molecule has 0 bridgehead atoms. The third-order valence-electron chi connectivity index (χ3n) is 4.81. The van der Waals surface area contributed by atoms with Crippen molar-refractivity contribution < 1.29 is 0 Å². The van der Waals surface area contributed by atoms with Gasteiger partial charge in [0.1, 0.15) is 12.7 Å². The molecule has 0 unspecified atom stereocenters. The van der Waals surface area contributed by atoms with Crippen LogP contribution in [0.15, 0.2) is 49.1 Å². The van der Waals surface area contributed by atoms with Gasteiger partial charge >= 0.3 is 0 Å². The third-order valence-corrected chi connectivity index (χ3v) is 4.81. The molecular formula is C24H28N4. The first-order chi connectivity index (χ1) is 13.4. The van der Waals surface area contributed by atoms with Crippen molar-refractivity contribution in [1.29, 1.82) is 0 Å². The van der Waals surface area contributed by atoms with Gasteiger partial charge < -0.3 is 0 Å². The first-order valence-corrected chi connectivity index (χ1v) is 9.80. The molecule has 2 aromatic heterocycles. The fraction of sp³-hybridized carbons (Fsp3) is 0.333. The number of rotatable bonds is 2. The van der Waals surface area contributed by atoms with Crippen molar-refractivity contribution in [2.24, 2.45) is 0 Å². The minimum absolute atomic E-state index is 0.447. The van der Waals surface area contributed by atoms with E-state index in [0.717, 1.165) is 22.4 Å². The van der Waals surface area contributed by atoms with Crippen molar-refractivity contribution >= 4 is 21.8 Å². The van der Waals surface area contributed by atoms with Gasteiger partial charge in [-0.05, 0) is 42.9 Å². The summed E-state index contributed by atoms with van der Waals surface area (Å²) in [5.74, 6) is 0.894. The molecule has 0 saturated heterocycles. The summed E-state index contributed by atoms with van der Waals surface area (Å²) in [4.78, 5) is 17.2. The van der Waals surface area contributed by atoms with Gasteiger partial charge in [0, 0.05) is 10.8 Å². The zero-order valence-corrected chi connectivity index (χ0v) is 17.6. The highest BCUT2D eigenvalue weighted by Crippen LogP contribution is 2.23. The average molecular weight is 373 g/mol. The minimum atomic E-state index is 0.447. The third kappa shape index (κ3) is 4.16. The molecule has 4 heteroatoms. The van der Waals surface area contributed by atoms with Crippen LogP contribution in [0, 0.1) is 13.8 Å². The fourth-order valence-corrected chi connectivity index (χ4v) is 3.36. The van der Waals surface area contributed by atoms with E-state index >= 15 is 0 Å². The van der Waals surface area contributed by atoms with E-state index in [2.05, 4.69) is 97.9 Å². The van der Waals surface area contributed by atoms with Gasteiger partial charge in [0.25, 0.3) is 0 Å². The molecular weight excluding hydrogens is 344 g/mol. The first kappa shape index (κ1) is 19.9. The van der Waals surface area contributed by atoms with Crippen LogP contribution in [0.25, 0.3) is 21.8 Å². The number of aryl methyl sites for hydroxylation is 2. The van der Waals surface area contributed by atoms with Gasteiger partial charge in [-0.25, -0.2) is 19.9 Å². The van der Waals surface area contributed by atoms with Crippen LogP contribution in [0.1, 0.15) is 62.0 Å². The summed E-state index contributed by atoms with van der Waals surface area (Å²) < 4.78 is 0. The van der Waals surface area contributed by atoms with Gasteiger partial charge in [-0.15, -0.1) is 0 Å². The highest BCUT2D eigenvalue weighted by Gasteiger charge is 2.08. The second-order valence-electron chi connectivity index (χ2n) is 7.82. The fourth-order valence-electron chi connectivity index (χ4n) is 3.36. The van der Waals surface area contributed by atoms with Gasteiger partial charge in [-0.3, -0.25) is 0 Å². The summed E-state index contributed by atoms with van der Waals surface area (Å²) in [6.07, 6.45) is 3.31. The molecule has 4 rings (SSSR count). The van der Waals surface area contributed by atoms with Crippen LogP contribution < -0.4 is 0 Å². The van der Waals surface area contributed by atoms with Crippen molar-refractivity contribution in [2.45, 2.75) is 53.4 Å². The number of nitrogens with zero attached hydrogens (tertiary/aromatic N) is 4. The van der Waals surface area contributed by atoms with Crippen LogP contribution in [0.3, 0.4) is 0 Å². The van der Waals surface area contributed by atoms with Gasteiger partial charge in [0.15, 0.2) is 0 Å². The number of hydrogen-bond acceptors (Lipinski definition) is 4. The quantitative estimate of drug-likeness (QED) is 0.425. The Labute approximate surface area is 167 Å². The van der Waals surface area contributed by atoms with Crippen molar-refractivity contribution in [3.05, 3.63) is 71.6 Å². The Hall–Kier alpha value is -2.88. The molecule has 0 amide bonds. The van der Waals surface area contributed by atoms with Crippen LogP contribution in [0.4, 0.5) is 0 Å². The van der Waals surface area contributed by atoms with E-state index in [-0.39, 0.29) is 0 Å². The Morgan fingerprint density at radius 2 is 1.32 bits per heavy atom. The maximum Gasteiger partial charge on any atom is 0.116 e. The molecule has 28 heavy (non-hydrogen) atoms. The van der Waals surface area contributed by atoms with E-state index in [4.69, 9.17) is 0 Å². The monoisotopic (exact) mass is 372 g/mol. The largest absolute Gasteiger partial charge is 0.240 e. The zero-order chi connectivity index (χ0) is 20.3. The number of para-hydroxylation sites is 1. The molecule has 4 aromatic rings. The van der Waals surface area contributed by atoms with Crippen LogP contribution in [-0.2, 0) is 0 Å². The lowest BCUT2D eigenvalue weighted by molar-refractivity contribution is 0.828. The topological polar surface area (TPSA) is 51.6 Å². The molecule has 144 valence electrons. The van der Waals surface area contributed by atoms with Crippen LogP contribution in [0.2, 0.25) is 0 Å². The molecule has 0 fully saturated rings. The number of benzene rings is 2. The SMILES string of the molecule is Cc1ccc2c(C(C)C)ncnc2c1.Cc1cccc2c(C(C)C)ncnc12. The molecule has 4 nitrogen and oxygen atoms in total. The zero-order valence-electron chi connectivity index (χ0n) is 17.6. The molecule has 0 aliphatic rings. The summed E-state index contributed by atoms with van der Waals surface area (Å²) in [6, 6.07) is 12.6. The smallest absolute Gasteiger partial charge is 0.116 e. The molecule has 0 aliphatic carbocycles. The van der Waals surface area contributed by atoms with E-state index < -0.39 is 0 Å². The molecule has 2 aromatic carbocycles. The minimum Gasteiger partial charge on any atom is -0.240 e. The molecule has 0 radical (unpaired) electrons. The number of aromatic nitrogens is 4. The second kappa shape index (κ2) is 8.42. The van der Waals surface area contributed by atoms with Crippen LogP contribution in [-0.4, -0.2) is 19.9 Å². The predicted molar refractivity (Wildman–Crippen MR) is 117 cm³/mol. The van der Waals surface area contributed by atoms with E-state index in [1.807, 2.05) is 0 Å². The lowest BCUT2D eigenvalue weighted by Gasteiger charge is -2.08. The van der Waals surface area contributed by atoms with E-state index in [1.54, 1.807) is 12.7 Å². The van der Waals surface area contributed by atoms with Crippen molar-refractivity contribution in [2.75, 3.05) is 0 Å². The average Bonchev–Trinajstić information content (AvgIpc) is 2.67. The van der Waals surface area contributed by atoms with Gasteiger partial charge in [-0.2, -0.15) is 0 Å². The van der Waals surface area contributed by atoms with Gasteiger partial charge in [-0.1, -0.05) is 58.0 Å². The number of fused-ring (bicyclic) bond motifs is 2. The van der Waals surface area contributed by atoms with Crippen LogP contribution >= 0.6 is 0 Å². The van der Waals surface area contributed by atoms with Gasteiger partial charge in [0.05, 0.1) is 22.4 Å². The highest BCUT2D eigenvalue weighted by molar-refractivity contribution is 5.84. The summed E-state index contributed by atoms with van der Waals surface area (Å²) >= 11 is 0. The molecule has 0 atom stereocenters. The molecule has 0 aliphatic heterocycles. The molecule has 0 spiro atoms. The summed E-state index contributed by atoms with van der Waals surface area (Å²) in [5.41, 5.74) is 6.85. The Morgan fingerprint density at radius 1 is 0.679 bits per heavy atom. The van der Waals surface area contributed by atoms with E-state index in [1.165, 1.54) is 21.9 Å². The summed E-state index contributed by atoms with van der Waals surface area (Å²) in [5, 5.41) is 2.36. The Morgan fingerprint density at radius 3 is 2.00 bits per heavy atom. The predicted octanol–water partition coefficient (Wildman–Crippen LogP) is 6.12. The van der Waals surface area contributed by atoms with Crippen molar-refractivity contribution in [1.82, 2.24) is 19.9 Å². The highest BCUT2D eigenvalue weighted by atomic mass is 14.8. The standard InChI is InChI=1S/2C12H14N2/c1-8(2)12-10-5-4-9(3)6-11(10)13-7-14-12;1-8(2)11-10-6-4-5-9(3)12(10)14-7-13-11/h2*4-8H,1-3H3. The lowest BCUT2D eigenvalue weighted by Crippen LogP contribution is -1.96. The van der Waals surface area contributed by atoms with Crippen molar-refractivity contribution in [3.8, 4) is 0 Å². The maximum absolute atomic E-state index is 4.34.